The lowest BCUT2D eigenvalue weighted by molar-refractivity contribution is 0.0526. The molecule has 0 aliphatic carbocycles. The Bertz CT molecular complexity index is 682. The van der Waals surface area contributed by atoms with E-state index in [1.54, 1.807) is 6.92 Å². The van der Waals surface area contributed by atoms with Gasteiger partial charge in [0.25, 0.3) is 12.0 Å². The van der Waals surface area contributed by atoms with E-state index in [0.717, 1.165) is 6.07 Å². The largest absolute Gasteiger partial charge is 0.462 e. The number of carbonyl (C=O) groups excluding carboxylic acids is 1. The zero-order valence-electron chi connectivity index (χ0n) is 9.94. The highest BCUT2D eigenvalue weighted by atomic mass is 19.3. The Morgan fingerprint density at radius 2 is 2.21 bits per heavy atom. The van der Waals surface area contributed by atoms with Crippen LogP contribution in [0.25, 0.3) is 11.0 Å². The molecule has 2 aromatic rings. The molecule has 19 heavy (non-hydrogen) atoms. The first kappa shape index (κ1) is 13.1. The second kappa shape index (κ2) is 5.13. The van der Waals surface area contributed by atoms with Gasteiger partial charge in [-0.3, -0.25) is 9.78 Å². The maximum absolute atomic E-state index is 12.5. The maximum atomic E-state index is 12.5. The molecule has 5 nitrogen and oxygen atoms in total. The Balaban J connectivity index is 2.53. The molecule has 0 saturated carbocycles. The molecule has 2 heterocycles. The monoisotopic (exact) mass is 268 g/mol. The molecule has 0 amide bonds. The smallest absolute Gasteiger partial charge is 0.339 e. The van der Waals surface area contributed by atoms with Crippen molar-refractivity contribution in [3.8, 4) is 0 Å². The summed E-state index contributed by atoms with van der Waals surface area (Å²) in [6.45, 7) is 1.86. The molecule has 7 heteroatoms. The van der Waals surface area contributed by atoms with Gasteiger partial charge < -0.3 is 9.72 Å². The fourth-order valence-electron chi connectivity index (χ4n) is 1.59. The predicted octanol–water partition coefficient (Wildman–Crippen LogP) is 2.04. The van der Waals surface area contributed by atoms with E-state index < -0.39 is 23.5 Å². The third kappa shape index (κ3) is 2.59. The molecule has 0 aromatic carbocycles. The van der Waals surface area contributed by atoms with Crippen molar-refractivity contribution in [2.75, 3.05) is 6.61 Å². The number of rotatable bonds is 3. The minimum atomic E-state index is -2.88. The lowest BCUT2D eigenvalue weighted by Crippen LogP contribution is -2.13. The first-order chi connectivity index (χ1) is 9.02. The number of pyridine rings is 2. The van der Waals surface area contributed by atoms with Crippen molar-refractivity contribution < 1.29 is 18.3 Å². The van der Waals surface area contributed by atoms with E-state index in [4.69, 9.17) is 4.74 Å². The molecule has 2 aromatic heterocycles. The molecule has 0 fully saturated rings. The lowest BCUT2D eigenvalue weighted by atomic mass is 10.2. The first-order valence-corrected chi connectivity index (χ1v) is 5.51. The van der Waals surface area contributed by atoms with Gasteiger partial charge in [-0.25, -0.2) is 13.6 Å². The summed E-state index contributed by atoms with van der Waals surface area (Å²) in [5.41, 5.74) is -1.01. The fraction of sp³-hybridized carbons (Fsp3) is 0.250. The highest BCUT2D eigenvalue weighted by molar-refractivity contribution is 5.92. The molecule has 0 aliphatic rings. The quantitative estimate of drug-likeness (QED) is 0.864. The van der Waals surface area contributed by atoms with Crippen LogP contribution in [0.15, 0.2) is 23.1 Å². The van der Waals surface area contributed by atoms with Crippen molar-refractivity contribution in [3.63, 3.8) is 0 Å². The van der Waals surface area contributed by atoms with Gasteiger partial charge in [-0.2, -0.15) is 0 Å². The molecule has 0 radical (unpaired) electrons. The standard InChI is InChI=1S/C12H10F2N2O3/c1-2-19-12(18)6-3-9-8(15-5-6)4-7(10(13)14)11(17)16-9/h3-5,10H,2H2,1H3,(H,16,17). The van der Waals surface area contributed by atoms with Crippen LogP contribution in [-0.4, -0.2) is 22.5 Å². The van der Waals surface area contributed by atoms with Crippen molar-refractivity contribution >= 4 is 17.0 Å². The zero-order chi connectivity index (χ0) is 14.0. The summed E-state index contributed by atoms with van der Waals surface area (Å²) in [6, 6.07) is 2.35. The third-order valence-corrected chi connectivity index (χ3v) is 2.47. The molecule has 0 saturated heterocycles. The topological polar surface area (TPSA) is 72.0 Å². The number of hydrogen-bond acceptors (Lipinski definition) is 4. The number of esters is 1. The number of H-pyrrole nitrogens is 1. The molecule has 2 rings (SSSR count). The van der Waals surface area contributed by atoms with Crippen molar-refractivity contribution in [2.24, 2.45) is 0 Å². The molecule has 0 atom stereocenters. The van der Waals surface area contributed by atoms with Crippen LogP contribution in [0.5, 0.6) is 0 Å². The number of halogens is 2. The number of aromatic nitrogens is 2. The van der Waals surface area contributed by atoms with Gasteiger partial charge >= 0.3 is 5.97 Å². The molecule has 0 unspecified atom stereocenters. The van der Waals surface area contributed by atoms with Gasteiger partial charge in [0.05, 0.1) is 28.8 Å². The number of alkyl halides is 2. The fourth-order valence-corrected chi connectivity index (χ4v) is 1.59. The molecule has 0 aliphatic heterocycles. The number of fused-ring (bicyclic) bond motifs is 1. The lowest BCUT2D eigenvalue weighted by Gasteiger charge is -2.04. The Morgan fingerprint density at radius 1 is 1.47 bits per heavy atom. The Morgan fingerprint density at radius 3 is 2.84 bits per heavy atom. The van der Waals surface area contributed by atoms with Crippen LogP contribution in [0, 0.1) is 0 Å². The summed E-state index contributed by atoms with van der Waals surface area (Å²) in [7, 11) is 0. The van der Waals surface area contributed by atoms with Gasteiger partial charge in [0, 0.05) is 6.20 Å². The minimum absolute atomic E-state index is 0.148. The third-order valence-electron chi connectivity index (χ3n) is 2.47. The van der Waals surface area contributed by atoms with E-state index >= 15 is 0 Å². The summed E-state index contributed by atoms with van der Waals surface area (Å²) < 4.78 is 29.9. The summed E-state index contributed by atoms with van der Waals surface area (Å²) in [5.74, 6) is -0.587. The number of hydrogen-bond donors (Lipinski definition) is 1. The average Bonchev–Trinajstić information content (AvgIpc) is 2.37. The molecular formula is C12H10F2N2O3. The first-order valence-electron chi connectivity index (χ1n) is 5.51. The van der Waals surface area contributed by atoms with Crippen LogP contribution in [0.1, 0.15) is 29.3 Å². The van der Waals surface area contributed by atoms with Crippen LogP contribution >= 0.6 is 0 Å². The molecule has 1 N–H and O–H groups in total. The summed E-state index contributed by atoms with van der Waals surface area (Å²) in [5, 5.41) is 0. The SMILES string of the molecule is CCOC(=O)c1cnc2cc(C(F)F)c(=O)[nH]c2c1. The van der Waals surface area contributed by atoms with E-state index in [0.29, 0.717) is 0 Å². The summed E-state index contributed by atoms with van der Waals surface area (Å²) in [6.07, 6.45) is -1.66. The Hall–Kier alpha value is -2.31. The second-order valence-corrected chi connectivity index (χ2v) is 3.73. The number of aromatic amines is 1. The van der Waals surface area contributed by atoms with Crippen molar-refractivity contribution in [3.05, 3.63) is 39.8 Å². The van der Waals surface area contributed by atoms with Gasteiger partial charge in [0.15, 0.2) is 0 Å². The zero-order valence-corrected chi connectivity index (χ0v) is 9.94. The second-order valence-electron chi connectivity index (χ2n) is 3.73. The predicted molar refractivity (Wildman–Crippen MR) is 63.3 cm³/mol. The van der Waals surface area contributed by atoms with E-state index in [-0.39, 0.29) is 23.2 Å². The molecule has 0 spiro atoms. The average molecular weight is 268 g/mol. The highest BCUT2D eigenvalue weighted by Gasteiger charge is 2.15. The van der Waals surface area contributed by atoms with E-state index in [9.17, 15) is 18.4 Å². The van der Waals surface area contributed by atoms with Crippen LogP contribution in [-0.2, 0) is 4.74 Å². The van der Waals surface area contributed by atoms with Crippen molar-refractivity contribution in [1.82, 2.24) is 9.97 Å². The van der Waals surface area contributed by atoms with Gasteiger partial charge in [-0.1, -0.05) is 0 Å². The Kier molecular flexibility index (Phi) is 3.55. The van der Waals surface area contributed by atoms with Crippen LogP contribution in [0.3, 0.4) is 0 Å². The van der Waals surface area contributed by atoms with E-state index in [2.05, 4.69) is 9.97 Å². The van der Waals surface area contributed by atoms with Crippen LogP contribution < -0.4 is 5.56 Å². The molecule has 100 valence electrons. The number of ether oxygens (including phenoxy) is 1. The van der Waals surface area contributed by atoms with Gasteiger partial charge in [0.1, 0.15) is 0 Å². The summed E-state index contributed by atoms with van der Waals surface area (Å²) >= 11 is 0. The Labute approximate surface area is 106 Å². The van der Waals surface area contributed by atoms with Crippen LogP contribution in [0.2, 0.25) is 0 Å². The van der Waals surface area contributed by atoms with Gasteiger partial charge in [-0.05, 0) is 19.1 Å². The number of nitrogens with zero attached hydrogens (tertiary/aromatic N) is 1. The number of carbonyl (C=O) groups is 1. The van der Waals surface area contributed by atoms with Gasteiger partial charge in [-0.15, -0.1) is 0 Å². The van der Waals surface area contributed by atoms with E-state index in [1.807, 2.05) is 0 Å². The highest BCUT2D eigenvalue weighted by Crippen LogP contribution is 2.18. The molecular weight excluding hydrogens is 258 g/mol. The van der Waals surface area contributed by atoms with E-state index in [1.165, 1.54) is 12.3 Å². The molecule has 0 bridgehead atoms. The summed E-state index contributed by atoms with van der Waals surface area (Å²) in [4.78, 5) is 29.0. The van der Waals surface area contributed by atoms with Gasteiger partial charge in [0.2, 0.25) is 0 Å². The van der Waals surface area contributed by atoms with Crippen molar-refractivity contribution in [1.29, 1.82) is 0 Å². The van der Waals surface area contributed by atoms with Crippen LogP contribution in [0.4, 0.5) is 8.78 Å². The van der Waals surface area contributed by atoms with Crippen molar-refractivity contribution in [2.45, 2.75) is 13.3 Å². The maximum Gasteiger partial charge on any atom is 0.339 e. The normalized spacial score (nSPS) is 10.9. The minimum Gasteiger partial charge on any atom is -0.462 e. The number of nitrogens with one attached hydrogen (secondary N) is 1.